The second-order valence-electron chi connectivity index (χ2n) is 6.54. The maximum atomic E-state index is 12.1. The normalized spacial score (nSPS) is 39.6. The highest BCUT2D eigenvalue weighted by Crippen LogP contribution is 2.35. The van der Waals surface area contributed by atoms with Crippen LogP contribution >= 0.6 is 0 Å². The zero-order chi connectivity index (χ0) is 12.4. The van der Waals surface area contributed by atoms with E-state index >= 15 is 0 Å². The lowest BCUT2D eigenvalue weighted by Gasteiger charge is -2.38. The molecule has 4 atom stereocenters. The third-order valence-corrected chi connectivity index (χ3v) is 4.86. The van der Waals surface area contributed by atoms with Crippen LogP contribution in [0.3, 0.4) is 0 Å². The number of rotatable bonds is 2. The van der Waals surface area contributed by atoms with Crippen molar-refractivity contribution in [1.82, 2.24) is 5.32 Å². The Kier molecular flexibility index (Phi) is 4.24. The van der Waals surface area contributed by atoms with Gasteiger partial charge >= 0.3 is 0 Å². The summed E-state index contributed by atoms with van der Waals surface area (Å²) in [5.41, 5.74) is 0. The van der Waals surface area contributed by atoms with E-state index in [4.69, 9.17) is 0 Å². The number of nitrogens with one attached hydrogen (secondary N) is 1. The molecule has 4 unspecified atom stereocenters. The van der Waals surface area contributed by atoms with E-state index in [1.807, 2.05) is 0 Å². The Labute approximate surface area is 106 Å². The van der Waals surface area contributed by atoms with Crippen molar-refractivity contribution >= 4 is 5.78 Å². The molecule has 98 valence electrons. The van der Waals surface area contributed by atoms with E-state index in [1.54, 1.807) is 0 Å². The molecule has 2 fully saturated rings. The number of hydrogen-bond donors (Lipinski definition) is 1. The molecular formula is C15H27NO. The van der Waals surface area contributed by atoms with E-state index in [0.29, 0.717) is 17.7 Å². The van der Waals surface area contributed by atoms with E-state index in [9.17, 15) is 4.79 Å². The van der Waals surface area contributed by atoms with Crippen molar-refractivity contribution in [3.8, 4) is 0 Å². The molecular weight excluding hydrogens is 210 g/mol. The molecule has 17 heavy (non-hydrogen) atoms. The Bertz CT molecular complexity index is 274. The molecule has 1 saturated carbocycles. The van der Waals surface area contributed by atoms with Crippen molar-refractivity contribution in [2.75, 3.05) is 6.54 Å². The molecule has 0 radical (unpaired) electrons. The van der Waals surface area contributed by atoms with Gasteiger partial charge in [0.05, 0.1) is 0 Å². The average Bonchev–Trinajstić information content (AvgIpc) is 2.29. The molecule has 0 aromatic heterocycles. The SMILES string of the molecule is CC1CCNC(C2CC(C(C)C)CCC2=O)C1. The summed E-state index contributed by atoms with van der Waals surface area (Å²) in [5, 5.41) is 3.59. The fourth-order valence-electron chi connectivity index (χ4n) is 3.54. The van der Waals surface area contributed by atoms with Gasteiger partial charge in [-0.15, -0.1) is 0 Å². The fourth-order valence-corrected chi connectivity index (χ4v) is 3.54. The maximum Gasteiger partial charge on any atom is 0.137 e. The largest absolute Gasteiger partial charge is 0.313 e. The zero-order valence-electron chi connectivity index (χ0n) is 11.5. The number of Topliss-reactive ketones (excluding diaryl/α,β-unsaturated/α-hetero) is 1. The first-order chi connectivity index (χ1) is 8.08. The topological polar surface area (TPSA) is 29.1 Å². The minimum atomic E-state index is 0.305. The second kappa shape index (κ2) is 5.51. The molecule has 0 amide bonds. The van der Waals surface area contributed by atoms with Crippen LogP contribution < -0.4 is 5.32 Å². The molecule has 0 aromatic rings. The highest BCUT2D eigenvalue weighted by Gasteiger charge is 2.36. The lowest BCUT2D eigenvalue weighted by molar-refractivity contribution is -0.127. The zero-order valence-corrected chi connectivity index (χ0v) is 11.5. The predicted octanol–water partition coefficient (Wildman–Crippen LogP) is 3.02. The minimum absolute atomic E-state index is 0.305. The van der Waals surface area contributed by atoms with Gasteiger partial charge in [-0.2, -0.15) is 0 Å². The molecule has 2 heteroatoms. The molecule has 1 N–H and O–H groups in total. The molecule has 2 rings (SSSR count). The monoisotopic (exact) mass is 237 g/mol. The molecule has 0 bridgehead atoms. The summed E-state index contributed by atoms with van der Waals surface area (Å²) in [6.45, 7) is 8.02. The van der Waals surface area contributed by atoms with Crippen molar-refractivity contribution in [3.63, 3.8) is 0 Å². The Morgan fingerprint density at radius 2 is 2.00 bits per heavy atom. The van der Waals surface area contributed by atoms with E-state index in [-0.39, 0.29) is 0 Å². The highest BCUT2D eigenvalue weighted by atomic mass is 16.1. The molecule has 1 aliphatic heterocycles. The summed E-state index contributed by atoms with van der Waals surface area (Å²) in [6.07, 6.45) is 5.53. The molecule has 1 aliphatic carbocycles. The van der Waals surface area contributed by atoms with Gasteiger partial charge in [0.2, 0.25) is 0 Å². The Morgan fingerprint density at radius 3 is 2.65 bits per heavy atom. The summed E-state index contributed by atoms with van der Waals surface area (Å²) in [6, 6.07) is 0.466. The van der Waals surface area contributed by atoms with Crippen LogP contribution in [0.2, 0.25) is 0 Å². The summed E-state index contributed by atoms with van der Waals surface area (Å²) >= 11 is 0. The van der Waals surface area contributed by atoms with Crippen LogP contribution in [-0.4, -0.2) is 18.4 Å². The Morgan fingerprint density at radius 1 is 1.24 bits per heavy atom. The highest BCUT2D eigenvalue weighted by molar-refractivity contribution is 5.82. The Balaban J connectivity index is 1.99. The van der Waals surface area contributed by atoms with Gasteiger partial charge in [-0.1, -0.05) is 20.8 Å². The molecule has 2 aliphatic rings. The number of carbonyl (C=O) groups is 1. The average molecular weight is 237 g/mol. The first-order valence-corrected chi connectivity index (χ1v) is 7.34. The van der Waals surface area contributed by atoms with Gasteiger partial charge in [0.15, 0.2) is 0 Å². The molecule has 1 saturated heterocycles. The molecule has 2 nitrogen and oxygen atoms in total. The maximum absolute atomic E-state index is 12.1. The Hall–Kier alpha value is -0.370. The van der Waals surface area contributed by atoms with Crippen molar-refractivity contribution in [2.24, 2.45) is 23.7 Å². The third-order valence-electron chi connectivity index (χ3n) is 4.86. The minimum Gasteiger partial charge on any atom is -0.313 e. The summed E-state index contributed by atoms with van der Waals surface area (Å²) in [4.78, 5) is 12.1. The predicted molar refractivity (Wildman–Crippen MR) is 70.9 cm³/mol. The van der Waals surface area contributed by atoms with Crippen LogP contribution in [0.4, 0.5) is 0 Å². The smallest absolute Gasteiger partial charge is 0.137 e. The number of piperidine rings is 1. The van der Waals surface area contributed by atoms with Crippen LogP contribution in [0.1, 0.15) is 52.9 Å². The van der Waals surface area contributed by atoms with Crippen molar-refractivity contribution in [3.05, 3.63) is 0 Å². The lowest BCUT2D eigenvalue weighted by Crippen LogP contribution is -2.47. The van der Waals surface area contributed by atoms with Gasteiger partial charge in [-0.3, -0.25) is 4.79 Å². The van der Waals surface area contributed by atoms with Crippen LogP contribution in [0, 0.1) is 23.7 Å². The van der Waals surface area contributed by atoms with Crippen LogP contribution in [0.25, 0.3) is 0 Å². The number of carbonyl (C=O) groups excluding carboxylic acids is 1. The van der Waals surface area contributed by atoms with Gasteiger partial charge in [0.25, 0.3) is 0 Å². The van der Waals surface area contributed by atoms with Gasteiger partial charge < -0.3 is 5.32 Å². The van der Waals surface area contributed by atoms with Crippen molar-refractivity contribution < 1.29 is 4.79 Å². The van der Waals surface area contributed by atoms with E-state index in [0.717, 1.165) is 43.6 Å². The standard InChI is InChI=1S/C15H27NO/c1-10(2)12-4-5-15(17)13(9-12)14-8-11(3)6-7-16-14/h10-14,16H,4-9H2,1-3H3. The number of hydrogen-bond acceptors (Lipinski definition) is 2. The second-order valence-corrected chi connectivity index (χ2v) is 6.54. The first-order valence-electron chi connectivity index (χ1n) is 7.34. The van der Waals surface area contributed by atoms with Gasteiger partial charge in [0.1, 0.15) is 5.78 Å². The van der Waals surface area contributed by atoms with E-state index < -0.39 is 0 Å². The van der Waals surface area contributed by atoms with Gasteiger partial charge in [-0.05, 0) is 50.0 Å². The number of ketones is 1. The van der Waals surface area contributed by atoms with E-state index in [2.05, 4.69) is 26.1 Å². The van der Waals surface area contributed by atoms with E-state index in [1.165, 1.54) is 12.8 Å². The summed E-state index contributed by atoms with van der Waals surface area (Å²) in [5.74, 6) is 3.10. The summed E-state index contributed by atoms with van der Waals surface area (Å²) < 4.78 is 0. The van der Waals surface area contributed by atoms with Crippen molar-refractivity contribution in [1.29, 1.82) is 0 Å². The fraction of sp³-hybridized carbons (Fsp3) is 0.933. The van der Waals surface area contributed by atoms with Crippen LogP contribution in [-0.2, 0) is 4.79 Å². The molecule has 0 spiro atoms. The summed E-state index contributed by atoms with van der Waals surface area (Å²) in [7, 11) is 0. The molecule has 1 heterocycles. The van der Waals surface area contributed by atoms with Crippen LogP contribution in [0.15, 0.2) is 0 Å². The third kappa shape index (κ3) is 3.09. The quantitative estimate of drug-likeness (QED) is 0.800. The van der Waals surface area contributed by atoms with Crippen molar-refractivity contribution in [2.45, 2.75) is 58.9 Å². The van der Waals surface area contributed by atoms with Gasteiger partial charge in [0, 0.05) is 18.4 Å². The van der Waals surface area contributed by atoms with Gasteiger partial charge in [-0.25, -0.2) is 0 Å². The first kappa shape index (κ1) is 13.1. The lowest BCUT2D eigenvalue weighted by atomic mass is 9.71. The van der Waals surface area contributed by atoms with Crippen LogP contribution in [0.5, 0.6) is 0 Å². The molecule has 0 aromatic carbocycles.